The molecule has 0 aromatic rings. The number of piperidine rings is 1. The van der Waals surface area contributed by atoms with E-state index in [-0.39, 0.29) is 12.1 Å². The number of nitroso groups, excluding NO2 is 1. The number of amides is 1. The minimum atomic E-state index is -0.461. The van der Waals surface area contributed by atoms with Crippen molar-refractivity contribution in [1.29, 1.82) is 0 Å². The molecule has 0 aromatic heterocycles. The highest BCUT2D eigenvalue weighted by Gasteiger charge is 2.26. The van der Waals surface area contributed by atoms with Gasteiger partial charge < -0.3 is 9.64 Å². The zero-order valence-electron chi connectivity index (χ0n) is 9.52. The summed E-state index contributed by atoms with van der Waals surface area (Å²) in [7, 11) is 0. The van der Waals surface area contributed by atoms with Crippen LogP contribution in [0.5, 0.6) is 0 Å². The molecule has 1 rings (SSSR count). The molecule has 1 amide bonds. The second-order valence-electron chi connectivity index (χ2n) is 4.80. The molecule has 1 aliphatic heterocycles. The predicted molar refractivity (Wildman–Crippen MR) is 56.6 cm³/mol. The molecule has 1 fully saturated rings. The predicted octanol–water partition coefficient (Wildman–Crippen LogP) is 2.15. The van der Waals surface area contributed by atoms with Crippen molar-refractivity contribution < 1.29 is 9.53 Å². The average molecular weight is 214 g/mol. The molecule has 0 aromatic carbocycles. The fourth-order valence-corrected chi connectivity index (χ4v) is 1.48. The Morgan fingerprint density at radius 3 is 2.27 bits per heavy atom. The first kappa shape index (κ1) is 11.9. The first-order valence-corrected chi connectivity index (χ1v) is 5.23. The summed E-state index contributed by atoms with van der Waals surface area (Å²) >= 11 is 0. The maximum atomic E-state index is 11.6. The Labute approximate surface area is 89.7 Å². The highest BCUT2D eigenvalue weighted by molar-refractivity contribution is 5.68. The van der Waals surface area contributed by atoms with E-state index in [1.165, 1.54) is 0 Å². The van der Waals surface area contributed by atoms with Crippen LogP contribution in [0.1, 0.15) is 33.6 Å². The number of nitrogens with zero attached hydrogens (tertiary/aromatic N) is 2. The molecule has 86 valence electrons. The molecule has 0 N–H and O–H groups in total. The fourth-order valence-electron chi connectivity index (χ4n) is 1.48. The van der Waals surface area contributed by atoms with Gasteiger partial charge in [-0.3, -0.25) is 0 Å². The number of carbonyl (C=O) groups excluding carboxylic acids is 1. The van der Waals surface area contributed by atoms with E-state index in [9.17, 15) is 9.70 Å². The van der Waals surface area contributed by atoms with E-state index in [1.54, 1.807) is 4.90 Å². The zero-order chi connectivity index (χ0) is 11.5. The van der Waals surface area contributed by atoms with Crippen LogP contribution in [0, 0.1) is 4.91 Å². The van der Waals surface area contributed by atoms with Gasteiger partial charge in [-0.15, -0.1) is 0 Å². The third-order valence-electron chi connectivity index (χ3n) is 2.27. The van der Waals surface area contributed by atoms with E-state index in [1.807, 2.05) is 20.8 Å². The highest BCUT2D eigenvalue weighted by Crippen LogP contribution is 2.16. The Bertz CT molecular complexity index is 240. The summed E-state index contributed by atoms with van der Waals surface area (Å²) in [6.45, 7) is 6.64. The van der Waals surface area contributed by atoms with Crippen LogP contribution in [0.3, 0.4) is 0 Å². The van der Waals surface area contributed by atoms with Crippen molar-refractivity contribution in [2.24, 2.45) is 5.18 Å². The number of rotatable bonds is 1. The van der Waals surface area contributed by atoms with Gasteiger partial charge in [-0.25, -0.2) is 4.79 Å². The molecule has 5 heteroatoms. The molecule has 0 saturated carbocycles. The monoisotopic (exact) mass is 214 g/mol. The van der Waals surface area contributed by atoms with Crippen molar-refractivity contribution in [2.45, 2.75) is 45.3 Å². The van der Waals surface area contributed by atoms with Crippen molar-refractivity contribution in [1.82, 2.24) is 4.90 Å². The van der Waals surface area contributed by atoms with E-state index in [0.29, 0.717) is 25.9 Å². The largest absolute Gasteiger partial charge is 0.444 e. The van der Waals surface area contributed by atoms with Gasteiger partial charge in [0.2, 0.25) is 0 Å². The van der Waals surface area contributed by atoms with Crippen molar-refractivity contribution in [2.75, 3.05) is 13.1 Å². The van der Waals surface area contributed by atoms with Gasteiger partial charge in [0, 0.05) is 13.1 Å². The fraction of sp³-hybridized carbons (Fsp3) is 0.900. The first-order valence-electron chi connectivity index (χ1n) is 5.23. The Balaban J connectivity index is 2.40. The van der Waals surface area contributed by atoms with Crippen LogP contribution in [-0.4, -0.2) is 35.7 Å². The number of hydrogen-bond donors (Lipinski definition) is 0. The van der Waals surface area contributed by atoms with Crippen LogP contribution in [-0.2, 0) is 4.74 Å². The van der Waals surface area contributed by atoms with Crippen LogP contribution >= 0.6 is 0 Å². The van der Waals surface area contributed by atoms with Crippen LogP contribution in [0.25, 0.3) is 0 Å². The molecule has 1 saturated heterocycles. The third kappa shape index (κ3) is 3.85. The summed E-state index contributed by atoms with van der Waals surface area (Å²) in [6.07, 6.45) is 0.984. The van der Waals surface area contributed by atoms with Gasteiger partial charge in [-0.2, -0.15) is 4.91 Å². The van der Waals surface area contributed by atoms with Crippen molar-refractivity contribution in [3.8, 4) is 0 Å². The lowest BCUT2D eigenvalue weighted by Gasteiger charge is -2.31. The molecule has 0 bridgehead atoms. The Kier molecular flexibility index (Phi) is 3.66. The van der Waals surface area contributed by atoms with Crippen LogP contribution in [0.15, 0.2) is 5.18 Å². The van der Waals surface area contributed by atoms with Gasteiger partial charge in [0.1, 0.15) is 5.60 Å². The first-order chi connectivity index (χ1) is 6.92. The maximum Gasteiger partial charge on any atom is 0.410 e. The SMILES string of the molecule is CC(C)(C)OC(=O)N1CCC(N=O)CC1. The molecule has 1 heterocycles. The van der Waals surface area contributed by atoms with Gasteiger partial charge in [-0.1, -0.05) is 5.18 Å². The minimum absolute atomic E-state index is 0.135. The number of ether oxygens (including phenoxy) is 1. The summed E-state index contributed by atoms with van der Waals surface area (Å²) in [5, 5.41) is 2.99. The average Bonchev–Trinajstić information content (AvgIpc) is 2.15. The Hall–Kier alpha value is -1.13. The van der Waals surface area contributed by atoms with Crippen molar-refractivity contribution >= 4 is 6.09 Å². The van der Waals surface area contributed by atoms with Crippen molar-refractivity contribution in [3.63, 3.8) is 0 Å². The molecule has 5 nitrogen and oxygen atoms in total. The van der Waals surface area contributed by atoms with Gasteiger partial charge in [-0.05, 0) is 33.6 Å². The number of likely N-dealkylation sites (tertiary alicyclic amines) is 1. The minimum Gasteiger partial charge on any atom is -0.444 e. The molecule has 0 radical (unpaired) electrons. The highest BCUT2D eigenvalue weighted by atomic mass is 16.6. The molecule has 0 unspecified atom stereocenters. The molecular formula is C10H18N2O3. The lowest BCUT2D eigenvalue weighted by Crippen LogP contribution is -2.42. The molecule has 0 atom stereocenters. The molecule has 0 spiro atoms. The Morgan fingerprint density at radius 1 is 1.33 bits per heavy atom. The third-order valence-corrected chi connectivity index (χ3v) is 2.27. The van der Waals surface area contributed by atoms with E-state index >= 15 is 0 Å². The van der Waals surface area contributed by atoms with Crippen LogP contribution in [0.2, 0.25) is 0 Å². The lowest BCUT2D eigenvalue weighted by molar-refractivity contribution is 0.0207. The second kappa shape index (κ2) is 4.59. The molecule has 15 heavy (non-hydrogen) atoms. The van der Waals surface area contributed by atoms with Gasteiger partial charge >= 0.3 is 6.09 Å². The van der Waals surface area contributed by atoms with Gasteiger partial charge in [0.15, 0.2) is 0 Å². The number of carbonyl (C=O) groups is 1. The smallest absolute Gasteiger partial charge is 0.410 e. The van der Waals surface area contributed by atoms with E-state index in [4.69, 9.17) is 4.74 Å². The topological polar surface area (TPSA) is 59.0 Å². The van der Waals surface area contributed by atoms with Crippen LogP contribution in [0.4, 0.5) is 4.79 Å². The number of hydrogen-bond acceptors (Lipinski definition) is 4. The summed E-state index contributed by atoms with van der Waals surface area (Å²) in [5.41, 5.74) is -0.461. The quantitative estimate of drug-likeness (QED) is 0.628. The van der Waals surface area contributed by atoms with E-state index in [2.05, 4.69) is 5.18 Å². The molecule has 1 aliphatic rings. The molecular weight excluding hydrogens is 196 g/mol. The maximum absolute atomic E-state index is 11.6. The standard InChI is InChI=1S/C10H18N2O3/c1-10(2,3)15-9(13)12-6-4-8(11-14)5-7-12/h8H,4-7H2,1-3H3. The zero-order valence-corrected chi connectivity index (χ0v) is 9.52. The molecule has 0 aliphatic carbocycles. The summed E-state index contributed by atoms with van der Waals surface area (Å²) < 4.78 is 5.22. The van der Waals surface area contributed by atoms with Gasteiger partial charge in [0.25, 0.3) is 0 Å². The summed E-state index contributed by atoms with van der Waals surface area (Å²) in [4.78, 5) is 23.5. The lowest BCUT2D eigenvalue weighted by atomic mass is 10.1. The van der Waals surface area contributed by atoms with Gasteiger partial charge in [0.05, 0.1) is 6.04 Å². The summed E-state index contributed by atoms with van der Waals surface area (Å²) in [5.74, 6) is 0. The van der Waals surface area contributed by atoms with E-state index < -0.39 is 5.60 Å². The second-order valence-corrected chi connectivity index (χ2v) is 4.80. The van der Waals surface area contributed by atoms with Crippen molar-refractivity contribution in [3.05, 3.63) is 4.91 Å². The van der Waals surface area contributed by atoms with E-state index in [0.717, 1.165) is 0 Å². The summed E-state index contributed by atoms with van der Waals surface area (Å²) in [6, 6.07) is -0.135. The normalized spacial score (nSPS) is 18.7. The van der Waals surface area contributed by atoms with Crippen LogP contribution < -0.4 is 0 Å². The Morgan fingerprint density at radius 2 is 1.87 bits per heavy atom.